The fourth-order valence-corrected chi connectivity index (χ4v) is 6.55. The molecule has 210 valence electrons. The van der Waals surface area contributed by atoms with Crippen LogP contribution in [0.25, 0.3) is 5.76 Å². The monoisotopic (exact) mass is 653 g/mol. The number of carbonyl (C=O) groups excluding carboxylic acids is 2. The minimum absolute atomic E-state index is 0.0385. The van der Waals surface area contributed by atoms with Crippen molar-refractivity contribution in [3.63, 3.8) is 0 Å². The van der Waals surface area contributed by atoms with E-state index in [0.717, 1.165) is 22.9 Å². The van der Waals surface area contributed by atoms with Crippen LogP contribution in [0.3, 0.4) is 0 Å². The molecule has 0 spiro atoms. The average Bonchev–Trinajstić information content (AvgIpc) is 3.55. The van der Waals surface area contributed by atoms with Crippen molar-refractivity contribution in [3.8, 4) is 5.75 Å². The molecule has 5 rings (SSSR count). The number of hydrogen-bond donors (Lipinski definition) is 1. The Bertz CT molecular complexity index is 1590. The van der Waals surface area contributed by atoms with Gasteiger partial charge in [-0.05, 0) is 66.1 Å². The summed E-state index contributed by atoms with van der Waals surface area (Å²) in [6.45, 7) is 2.67. The van der Waals surface area contributed by atoms with Crippen LogP contribution in [0.2, 0.25) is 0 Å². The van der Waals surface area contributed by atoms with Gasteiger partial charge in [0.1, 0.15) is 17.3 Å². The Balaban J connectivity index is 1.48. The molecule has 0 unspecified atom stereocenters. The van der Waals surface area contributed by atoms with Crippen molar-refractivity contribution in [2.24, 2.45) is 0 Å². The number of thioether (sulfide) groups is 1. The van der Waals surface area contributed by atoms with Gasteiger partial charge < -0.3 is 9.84 Å². The van der Waals surface area contributed by atoms with Gasteiger partial charge >= 0.3 is 5.91 Å². The van der Waals surface area contributed by atoms with Crippen molar-refractivity contribution < 1.29 is 23.8 Å². The number of aromatic nitrogens is 2. The van der Waals surface area contributed by atoms with Gasteiger partial charge in [-0.3, -0.25) is 14.5 Å². The zero-order chi connectivity index (χ0) is 28.9. The SMILES string of the molecule is CCCCOc1ccc(C(O)=C2C(=O)C(=O)N(c3nnc(SCc4ccc(F)cc4)s3)[C@@H]2c2cccc(Br)c2)cc1. The number of amides is 1. The number of nitrogens with zero attached hydrogens (tertiary/aromatic N) is 3. The molecule has 7 nitrogen and oxygen atoms in total. The summed E-state index contributed by atoms with van der Waals surface area (Å²) in [5.74, 6) is -1.03. The molecule has 1 aromatic heterocycles. The number of unbranched alkanes of at least 4 members (excludes halogenated alkanes) is 1. The first-order chi connectivity index (χ1) is 19.9. The van der Waals surface area contributed by atoms with Gasteiger partial charge in [0.15, 0.2) is 4.34 Å². The van der Waals surface area contributed by atoms with Crippen LogP contribution in [0.5, 0.6) is 5.75 Å². The van der Waals surface area contributed by atoms with Crippen LogP contribution in [0.1, 0.15) is 42.5 Å². The minimum atomic E-state index is -0.920. The predicted octanol–water partition coefficient (Wildman–Crippen LogP) is 7.54. The zero-order valence-corrected chi connectivity index (χ0v) is 25.1. The lowest BCUT2D eigenvalue weighted by Crippen LogP contribution is -2.29. The molecule has 1 aliphatic rings. The van der Waals surface area contributed by atoms with Gasteiger partial charge in [0, 0.05) is 15.8 Å². The third-order valence-corrected chi connectivity index (χ3v) is 9.00. The first kappa shape index (κ1) is 29.0. The number of benzene rings is 3. The smallest absolute Gasteiger partial charge is 0.301 e. The highest BCUT2D eigenvalue weighted by Crippen LogP contribution is 2.44. The maximum Gasteiger partial charge on any atom is 0.301 e. The fraction of sp³-hybridized carbons (Fsp3) is 0.200. The number of carbonyl (C=O) groups is 2. The van der Waals surface area contributed by atoms with Crippen LogP contribution in [0, 0.1) is 5.82 Å². The van der Waals surface area contributed by atoms with E-state index in [1.165, 1.54) is 40.1 Å². The maximum absolute atomic E-state index is 13.4. The molecule has 1 aliphatic heterocycles. The molecule has 41 heavy (non-hydrogen) atoms. The number of hydrogen-bond acceptors (Lipinski definition) is 8. The van der Waals surface area contributed by atoms with Crippen molar-refractivity contribution >= 4 is 61.6 Å². The summed E-state index contributed by atoms with van der Waals surface area (Å²) in [6, 6.07) is 19.3. The number of aliphatic hydroxyl groups is 1. The number of ketones is 1. The average molecular weight is 655 g/mol. The van der Waals surface area contributed by atoms with Gasteiger partial charge in [-0.15, -0.1) is 10.2 Å². The molecule has 0 radical (unpaired) electrons. The van der Waals surface area contributed by atoms with Crippen LogP contribution in [-0.4, -0.2) is 33.6 Å². The van der Waals surface area contributed by atoms with Crippen LogP contribution < -0.4 is 9.64 Å². The topological polar surface area (TPSA) is 92.6 Å². The fourth-order valence-electron chi connectivity index (χ4n) is 4.30. The lowest BCUT2D eigenvalue weighted by atomic mass is 9.95. The number of anilines is 1. The number of ether oxygens (including phenoxy) is 1. The van der Waals surface area contributed by atoms with Gasteiger partial charge in [-0.2, -0.15) is 0 Å². The molecular weight excluding hydrogens is 629 g/mol. The van der Waals surface area contributed by atoms with E-state index in [4.69, 9.17) is 4.74 Å². The molecule has 3 aromatic carbocycles. The number of Topliss-reactive ketones (excluding diaryl/α,β-unsaturated/α-hetero) is 1. The molecule has 1 N–H and O–H groups in total. The first-order valence-corrected chi connectivity index (χ1v) is 15.5. The van der Waals surface area contributed by atoms with E-state index in [9.17, 15) is 19.1 Å². The molecule has 1 fully saturated rings. The summed E-state index contributed by atoms with van der Waals surface area (Å²) in [6.07, 6.45) is 1.94. The Morgan fingerprint density at radius 1 is 1.10 bits per heavy atom. The number of aliphatic hydroxyl groups excluding tert-OH is 1. The summed E-state index contributed by atoms with van der Waals surface area (Å²) in [7, 11) is 0. The lowest BCUT2D eigenvalue weighted by Gasteiger charge is -2.22. The molecular formula is C30H25BrFN3O4S2. The van der Waals surface area contributed by atoms with Crippen molar-refractivity contribution in [2.45, 2.75) is 35.9 Å². The third kappa shape index (κ3) is 6.52. The lowest BCUT2D eigenvalue weighted by molar-refractivity contribution is -0.132. The van der Waals surface area contributed by atoms with E-state index in [-0.39, 0.29) is 22.3 Å². The molecule has 1 atom stereocenters. The molecule has 1 amide bonds. The van der Waals surface area contributed by atoms with Gasteiger partial charge in [-0.25, -0.2) is 4.39 Å². The second kappa shape index (κ2) is 13.0. The molecule has 4 aromatic rings. The van der Waals surface area contributed by atoms with Gasteiger partial charge in [-0.1, -0.05) is 76.6 Å². The molecule has 2 heterocycles. The Kier molecular flexibility index (Phi) is 9.16. The normalized spacial score (nSPS) is 16.4. The van der Waals surface area contributed by atoms with Crippen LogP contribution in [-0.2, 0) is 15.3 Å². The van der Waals surface area contributed by atoms with Crippen molar-refractivity contribution in [1.82, 2.24) is 10.2 Å². The summed E-state index contributed by atoms with van der Waals surface area (Å²) in [5, 5.41) is 20.1. The van der Waals surface area contributed by atoms with Crippen LogP contribution in [0.4, 0.5) is 9.52 Å². The summed E-state index contributed by atoms with van der Waals surface area (Å²) in [5.41, 5.74) is 1.88. The van der Waals surface area contributed by atoms with E-state index >= 15 is 0 Å². The van der Waals surface area contributed by atoms with E-state index < -0.39 is 17.7 Å². The van der Waals surface area contributed by atoms with E-state index in [0.29, 0.717) is 33.6 Å². The number of rotatable bonds is 10. The van der Waals surface area contributed by atoms with Gasteiger partial charge in [0.05, 0.1) is 18.2 Å². The minimum Gasteiger partial charge on any atom is -0.507 e. The third-order valence-electron chi connectivity index (χ3n) is 6.38. The van der Waals surface area contributed by atoms with E-state index in [2.05, 4.69) is 33.1 Å². The molecule has 1 saturated heterocycles. The predicted molar refractivity (Wildman–Crippen MR) is 162 cm³/mol. The summed E-state index contributed by atoms with van der Waals surface area (Å²) < 4.78 is 20.3. The van der Waals surface area contributed by atoms with E-state index in [1.807, 2.05) is 6.07 Å². The standard InChI is InChI=1S/C30H25BrFN3O4S2/c1-2-3-15-39-23-13-9-19(10-14-23)26(36)24-25(20-5-4-6-21(31)16-20)35(28(38)27(24)37)29-33-34-30(41-29)40-17-18-7-11-22(32)12-8-18/h4-14,16,25,36H,2-3,15,17H2,1H3/t25-/m1/s1. The maximum atomic E-state index is 13.4. The van der Waals surface area contributed by atoms with Gasteiger partial charge in [0.25, 0.3) is 5.78 Å². The molecule has 0 saturated carbocycles. The number of halogens is 2. The van der Waals surface area contributed by atoms with Gasteiger partial charge in [0.2, 0.25) is 5.13 Å². The van der Waals surface area contributed by atoms with Crippen LogP contribution >= 0.6 is 39.0 Å². The quantitative estimate of drug-likeness (QED) is 0.0472. The molecule has 0 bridgehead atoms. The Morgan fingerprint density at radius 3 is 2.56 bits per heavy atom. The first-order valence-electron chi connectivity index (χ1n) is 12.9. The highest BCUT2D eigenvalue weighted by Gasteiger charge is 2.48. The summed E-state index contributed by atoms with van der Waals surface area (Å²) in [4.78, 5) is 28.2. The highest BCUT2D eigenvalue weighted by molar-refractivity contribution is 9.10. The second-order valence-corrected chi connectivity index (χ2v) is 12.3. The van der Waals surface area contributed by atoms with Crippen molar-refractivity contribution in [2.75, 3.05) is 11.5 Å². The zero-order valence-electron chi connectivity index (χ0n) is 21.9. The van der Waals surface area contributed by atoms with E-state index in [1.54, 1.807) is 54.6 Å². The van der Waals surface area contributed by atoms with Crippen molar-refractivity contribution in [1.29, 1.82) is 0 Å². The Hall–Kier alpha value is -3.54. The Labute approximate surface area is 253 Å². The van der Waals surface area contributed by atoms with Crippen molar-refractivity contribution in [3.05, 3.63) is 105 Å². The molecule has 0 aliphatic carbocycles. The second-order valence-electron chi connectivity index (χ2n) is 9.22. The largest absolute Gasteiger partial charge is 0.507 e. The molecule has 11 heteroatoms. The van der Waals surface area contributed by atoms with Crippen LogP contribution in [0.15, 0.2) is 87.2 Å². The highest BCUT2D eigenvalue weighted by atomic mass is 79.9. The summed E-state index contributed by atoms with van der Waals surface area (Å²) >= 11 is 6.03. The Morgan fingerprint density at radius 2 is 1.85 bits per heavy atom.